The number of hydrogen-bond donors (Lipinski definition) is 1. The van der Waals surface area contributed by atoms with Crippen molar-refractivity contribution in [1.29, 1.82) is 0 Å². The second kappa shape index (κ2) is 7.40. The highest BCUT2D eigenvalue weighted by Gasteiger charge is 2.18. The highest BCUT2D eigenvalue weighted by molar-refractivity contribution is 5.85. The van der Waals surface area contributed by atoms with Gasteiger partial charge in [-0.05, 0) is 30.9 Å². The third-order valence-electron chi connectivity index (χ3n) is 4.90. The lowest BCUT2D eigenvalue weighted by atomic mass is 10.1. The first-order chi connectivity index (χ1) is 12.0. The number of fused-ring (bicyclic) bond motifs is 1. The van der Waals surface area contributed by atoms with Crippen molar-refractivity contribution in [2.45, 2.75) is 53.2 Å². The maximum atomic E-state index is 4.41. The van der Waals surface area contributed by atoms with Gasteiger partial charge in [0.15, 0.2) is 0 Å². The Morgan fingerprint density at radius 1 is 1.20 bits per heavy atom. The average Bonchev–Trinajstić information content (AvgIpc) is 3.12. The molecule has 0 unspecified atom stereocenters. The molecule has 0 spiro atoms. The summed E-state index contributed by atoms with van der Waals surface area (Å²) < 4.78 is 4.32. The molecule has 25 heavy (non-hydrogen) atoms. The van der Waals surface area contributed by atoms with E-state index in [2.05, 4.69) is 71.9 Å². The molecule has 1 aromatic carbocycles. The fourth-order valence-corrected chi connectivity index (χ4v) is 3.59. The molecule has 0 saturated carbocycles. The molecule has 5 heteroatoms. The molecule has 2 heterocycles. The van der Waals surface area contributed by atoms with Gasteiger partial charge in [-0.25, -0.2) is 4.98 Å². The van der Waals surface area contributed by atoms with E-state index in [1.807, 2.05) is 11.7 Å². The zero-order chi connectivity index (χ0) is 18.0. The van der Waals surface area contributed by atoms with E-state index in [4.69, 9.17) is 0 Å². The topological polar surface area (TPSA) is 47.7 Å². The van der Waals surface area contributed by atoms with Crippen molar-refractivity contribution in [2.75, 3.05) is 0 Å². The first-order valence-corrected chi connectivity index (χ1v) is 9.16. The van der Waals surface area contributed by atoms with Crippen molar-refractivity contribution in [3.05, 3.63) is 47.7 Å². The number of aromatic nitrogens is 4. The molecule has 1 N–H and O–H groups in total. The molecule has 0 bridgehead atoms. The third kappa shape index (κ3) is 3.47. The van der Waals surface area contributed by atoms with E-state index in [1.165, 1.54) is 22.2 Å². The number of hydrogen-bond acceptors (Lipinski definition) is 3. The van der Waals surface area contributed by atoms with Gasteiger partial charge in [0.05, 0.1) is 6.04 Å². The molecule has 3 rings (SSSR count). The van der Waals surface area contributed by atoms with Crippen molar-refractivity contribution in [3.8, 4) is 0 Å². The van der Waals surface area contributed by atoms with E-state index >= 15 is 0 Å². The molecule has 5 nitrogen and oxygen atoms in total. The molecule has 0 saturated heterocycles. The molecule has 0 aliphatic carbocycles. The van der Waals surface area contributed by atoms with Gasteiger partial charge in [-0.2, -0.15) is 5.10 Å². The third-order valence-corrected chi connectivity index (χ3v) is 4.90. The highest BCUT2D eigenvalue weighted by atomic mass is 15.3. The number of para-hydroxylation sites is 1. The number of benzene rings is 1. The van der Waals surface area contributed by atoms with Crippen LogP contribution >= 0.6 is 0 Å². The van der Waals surface area contributed by atoms with Crippen LogP contribution in [0.15, 0.2) is 30.6 Å². The lowest BCUT2D eigenvalue weighted by Gasteiger charge is -2.16. The molecule has 1 atom stereocenters. The summed E-state index contributed by atoms with van der Waals surface area (Å²) in [6, 6.07) is 8.93. The van der Waals surface area contributed by atoms with Gasteiger partial charge in [0.2, 0.25) is 0 Å². The van der Waals surface area contributed by atoms with Gasteiger partial charge in [0.25, 0.3) is 0 Å². The Morgan fingerprint density at radius 2 is 1.96 bits per heavy atom. The van der Waals surface area contributed by atoms with Gasteiger partial charge >= 0.3 is 0 Å². The predicted octanol–water partition coefficient (Wildman–Crippen LogP) is 3.98. The molecule has 2 aromatic heterocycles. The minimum atomic E-state index is 0.208. The van der Waals surface area contributed by atoms with Gasteiger partial charge in [0.1, 0.15) is 12.2 Å². The molecule has 0 radical (unpaired) electrons. The van der Waals surface area contributed by atoms with Crippen LogP contribution in [0.3, 0.4) is 0 Å². The van der Waals surface area contributed by atoms with E-state index in [0.29, 0.717) is 5.92 Å². The molecule has 0 aliphatic heterocycles. The Balaban J connectivity index is 1.91. The number of nitrogens with one attached hydrogen (secondary N) is 1. The first-order valence-electron chi connectivity index (χ1n) is 9.16. The number of aryl methyl sites for hydroxylation is 1. The summed E-state index contributed by atoms with van der Waals surface area (Å²) in [5.41, 5.74) is 4.07. The van der Waals surface area contributed by atoms with Gasteiger partial charge in [-0.15, -0.1) is 0 Å². The van der Waals surface area contributed by atoms with Crippen molar-refractivity contribution in [3.63, 3.8) is 0 Å². The molecule has 3 aromatic rings. The highest BCUT2D eigenvalue weighted by Crippen LogP contribution is 2.27. The molecule has 0 fully saturated rings. The maximum absolute atomic E-state index is 4.41. The summed E-state index contributed by atoms with van der Waals surface area (Å²) in [6.07, 6.45) is 2.61. The lowest BCUT2D eigenvalue weighted by Crippen LogP contribution is -2.23. The Labute approximate surface area is 150 Å². The summed E-state index contributed by atoms with van der Waals surface area (Å²) in [5.74, 6) is 1.61. The van der Waals surface area contributed by atoms with Crippen LogP contribution in [0.2, 0.25) is 0 Å². The summed E-state index contributed by atoms with van der Waals surface area (Å²) in [5, 5.41) is 9.25. The summed E-state index contributed by atoms with van der Waals surface area (Å²) >= 11 is 0. The van der Waals surface area contributed by atoms with E-state index < -0.39 is 0 Å². The Hall–Kier alpha value is -2.14. The summed E-state index contributed by atoms with van der Waals surface area (Å²) in [4.78, 5) is 4.41. The molecular formula is C20H29N5. The fourth-order valence-electron chi connectivity index (χ4n) is 3.59. The van der Waals surface area contributed by atoms with Crippen LogP contribution in [0.5, 0.6) is 0 Å². The smallest absolute Gasteiger partial charge is 0.143 e. The second-order valence-electron chi connectivity index (χ2n) is 7.17. The first kappa shape index (κ1) is 17.7. The van der Waals surface area contributed by atoms with Crippen LogP contribution in [0, 0.1) is 12.8 Å². The van der Waals surface area contributed by atoms with Crippen molar-refractivity contribution < 1.29 is 0 Å². The van der Waals surface area contributed by atoms with Crippen molar-refractivity contribution in [2.24, 2.45) is 13.0 Å². The van der Waals surface area contributed by atoms with E-state index in [0.717, 1.165) is 25.3 Å². The van der Waals surface area contributed by atoms with Gasteiger partial charge in [-0.3, -0.25) is 4.68 Å². The Morgan fingerprint density at radius 3 is 2.60 bits per heavy atom. The lowest BCUT2D eigenvalue weighted by molar-refractivity contribution is 0.470. The minimum absolute atomic E-state index is 0.208. The minimum Gasteiger partial charge on any atom is -0.344 e. The molecule has 0 amide bonds. The molecular weight excluding hydrogens is 310 g/mol. The summed E-state index contributed by atoms with van der Waals surface area (Å²) in [6.45, 7) is 10.8. The van der Waals surface area contributed by atoms with Crippen LogP contribution in [0.1, 0.15) is 50.3 Å². The Kier molecular flexibility index (Phi) is 5.23. The van der Waals surface area contributed by atoms with Gasteiger partial charge in [-0.1, -0.05) is 39.0 Å². The Bertz CT molecular complexity index is 843. The molecule has 134 valence electrons. The van der Waals surface area contributed by atoms with E-state index in [1.54, 1.807) is 6.33 Å². The van der Waals surface area contributed by atoms with Crippen LogP contribution in [-0.2, 0) is 20.1 Å². The van der Waals surface area contributed by atoms with Crippen LogP contribution in [0.4, 0.5) is 0 Å². The second-order valence-corrected chi connectivity index (χ2v) is 7.17. The normalized spacial score (nSPS) is 13.0. The maximum Gasteiger partial charge on any atom is 0.143 e. The number of rotatable bonds is 7. The summed E-state index contributed by atoms with van der Waals surface area (Å²) in [7, 11) is 1.95. The zero-order valence-corrected chi connectivity index (χ0v) is 16.0. The van der Waals surface area contributed by atoms with Gasteiger partial charge < -0.3 is 9.88 Å². The van der Waals surface area contributed by atoms with Crippen LogP contribution in [0.25, 0.3) is 10.9 Å². The predicted molar refractivity (Wildman–Crippen MR) is 102 cm³/mol. The van der Waals surface area contributed by atoms with Crippen LogP contribution < -0.4 is 5.32 Å². The van der Waals surface area contributed by atoms with Crippen molar-refractivity contribution in [1.82, 2.24) is 24.6 Å². The standard InChI is InChI=1S/C20H29N5/c1-6-18(20-22-13-23-24(20)5)21-11-17-15(4)25(12-14(2)3)19-10-8-7-9-16(17)19/h7-10,13-14,18,21H,6,11-12H2,1-5H3/t18-/m0/s1. The van der Waals surface area contributed by atoms with Crippen molar-refractivity contribution >= 4 is 10.9 Å². The molecule has 0 aliphatic rings. The van der Waals surface area contributed by atoms with E-state index in [-0.39, 0.29) is 6.04 Å². The van der Waals surface area contributed by atoms with E-state index in [9.17, 15) is 0 Å². The average molecular weight is 339 g/mol. The number of nitrogens with zero attached hydrogens (tertiary/aromatic N) is 4. The van der Waals surface area contributed by atoms with Gasteiger partial charge in [0, 0.05) is 36.7 Å². The zero-order valence-electron chi connectivity index (χ0n) is 16.0. The largest absolute Gasteiger partial charge is 0.344 e. The fraction of sp³-hybridized carbons (Fsp3) is 0.500. The quantitative estimate of drug-likeness (QED) is 0.708. The van der Waals surface area contributed by atoms with Crippen LogP contribution in [-0.4, -0.2) is 19.3 Å². The SMILES string of the molecule is CC[C@H](NCc1c(C)n(CC(C)C)c2ccccc12)c1ncnn1C. The monoisotopic (exact) mass is 339 g/mol.